The van der Waals surface area contributed by atoms with Crippen molar-refractivity contribution in [2.75, 3.05) is 27.6 Å². The van der Waals surface area contributed by atoms with E-state index in [4.69, 9.17) is 28.4 Å². The van der Waals surface area contributed by atoms with E-state index in [-0.39, 0.29) is 42.7 Å². The van der Waals surface area contributed by atoms with Gasteiger partial charge >= 0.3 is 5.97 Å². The quantitative estimate of drug-likeness (QED) is 0.464. The van der Waals surface area contributed by atoms with Crippen molar-refractivity contribution in [2.45, 2.75) is 45.6 Å². The van der Waals surface area contributed by atoms with Crippen LogP contribution < -0.4 is 14.2 Å². The van der Waals surface area contributed by atoms with Crippen LogP contribution in [0.25, 0.3) is 0 Å². The van der Waals surface area contributed by atoms with E-state index in [0.717, 1.165) is 16.7 Å². The predicted octanol–water partition coefficient (Wildman–Crippen LogP) is 4.29. The smallest absolute Gasteiger partial charge is 0.333 e. The van der Waals surface area contributed by atoms with E-state index in [1.165, 1.54) is 14.2 Å². The van der Waals surface area contributed by atoms with Gasteiger partial charge in [0, 0.05) is 22.6 Å². The van der Waals surface area contributed by atoms with Gasteiger partial charge in [0.2, 0.25) is 24.1 Å². The van der Waals surface area contributed by atoms with Gasteiger partial charge in [-0.25, -0.2) is 4.79 Å². The van der Waals surface area contributed by atoms with Gasteiger partial charge in [-0.15, -0.1) is 0 Å². The van der Waals surface area contributed by atoms with Crippen LogP contribution >= 0.6 is 0 Å². The van der Waals surface area contributed by atoms with Gasteiger partial charge in [0.15, 0.2) is 17.3 Å². The third-order valence-corrected chi connectivity index (χ3v) is 7.80. The Kier molecular flexibility index (Phi) is 5.57. The van der Waals surface area contributed by atoms with Crippen LogP contribution in [0.2, 0.25) is 0 Å². The molecule has 0 amide bonds. The summed E-state index contributed by atoms with van der Waals surface area (Å²) >= 11 is 0. The zero-order chi connectivity index (χ0) is 25.1. The number of hydrogen-bond donors (Lipinski definition) is 0. The molecule has 5 rings (SSSR count). The van der Waals surface area contributed by atoms with Crippen LogP contribution in [-0.4, -0.2) is 39.4 Å². The summed E-state index contributed by atoms with van der Waals surface area (Å²) in [5.74, 6) is 1.45. The average Bonchev–Trinajstić information content (AvgIpc) is 3.47. The first-order valence-corrected chi connectivity index (χ1v) is 11.8. The molecule has 2 aliphatic heterocycles. The van der Waals surface area contributed by atoms with E-state index in [2.05, 4.69) is 13.8 Å². The number of benzene rings is 1. The molecular formula is C27H30O8. The van der Waals surface area contributed by atoms with Crippen LogP contribution in [-0.2, 0) is 29.2 Å². The second kappa shape index (κ2) is 8.36. The molecule has 0 fully saturated rings. The monoisotopic (exact) mass is 482 g/mol. The molecular weight excluding hydrogens is 452 g/mol. The molecule has 186 valence electrons. The summed E-state index contributed by atoms with van der Waals surface area (Å²) < 4.78 is 35.4. The molecule has 4 atom stereocenters. The van der Waals surface area contributed by atoms with Crippen LogP contribution in [0.15, 0.2) is 40.9 Å². The first-order valence-electron chi connectivity index (χ1n) is 11.8. The van der Waals surface area contributed by atoms with Crippen molar-refractivity contribution in [1.29, 1.82) is 0 Å². The Hall–Kier alpha value is -3.42. The number of hydrogen-bond acceptors (Lipinski definition) is 8. The summed E-state index contributed by atoms with van der Waals surface area (Å²) in [7, 11) is 2.98. The highest BCUT2D eigenvalue weighted by Gasteiger charge is 2.58. The molecule has 1 aromatic rings. The van der Waals surface area contributed by atoms with Crippen molar-refractivity contribution in [3.8, 4) is 17.2 Å². The van der Waals surface area contributed by atoms with Crippen molar-refractivity contribution in [1.82, 2.24) is 0 Å². The van der Waals surface area contributed by atoms with E-state index in [1.807, 2.05) is 6.07 Å². The third-order valence-electron chi connectivity index (χ3n) is 7.80. The minimum atomic E-state index is -0.922. The number of rotatable bonds is 4. The lowest BCUT2D eigenvalue weighted by Crippen LogP contribution is -2.42. The molecule has 0 bridgehead atoms. The highest BCUT2D eigenvalue weighted by molar-refractivity contribution is 6.05. The van der Waals surface area contributed by atoms with Crippen LogP contribution in [0.5, 0.6) is 17.2 Å². The minimum absolute atomic E-state index is 0.0627. The highest BCUT2D eigenvalue weighted by atomic mass is 16.7. The molecule has 1 aromatic carbocycles. The molecule has 8 nitrogen and oxygen atoms in total. The molecule has 2 heterocycles. The molecule has 0 saturated carbocycles. The number of ketones is 1. The largest absolute Gasteiger partial charge is 0.496 e. The number of carbonyl (C=O) groups is 2. The van der Waals surface area contributed by atoms with E-state index in [9.17, 15) is 9.59 Å². The number of ether oxygens (including phenoxy) is 6. The lowest BCUT2D eigenvalue weighted by atomic mass is 9.62. The van der Waals surface area contributed by atoms with Crippen LogP contribution in [0.3, 0.4) is 0 Å². The third kappa shape index (κ3) is 3.18. The van der Waals surface area contributed by atoms with Crippen LogP contribution in [0.1, 0.15) is 51.3 Å². The Labute approximate surface area is 204 Å². The number of carbonyl (C=O) groups excluding carboxylic acids is 2. The molecule has 0 unspecified atom stereocenters. The maximum Gasteiger partial charge on any atom is 0.333 e. The fraction of sp³-hybridized carbons (Fsp3) is 0.481. The van der Waals surface area contributed by atoms with Gasteiger partial charge in [-0.3, -0.25) is 4.79 Å². The fourth-order valence-electron chi connectivity index (χ4n) is 5.62. The standard InChI is InChI=1S/C27H30O8/c1-7-13(2)26(29)35-21-15(4)14(3)8-16-9-18(28)22(30-5)25(31-6)27(16)11-32-24-20(27)17(21)10-19-23(24)34-12-33-19/h7,9-10,14-15,21H,8,11-12H2,1-6H3/b13-7+/t14-,15+,21-,27-/m0/s1. The predicted molar refractivity (Wildman–Crippen MR) is 125 cm³/mol. The molecule has 0 aromatic heterocycles. The summed E-state index contributed by atoms with van der Waals surface area (Å²) in [6.07, 6.45) is 3.38. The van der Waals surface area contributed by atoms with Crippen molar-refractivity contribution in [3.05, 3.63) is 52.0 Å². The van der Waals surface area contributed by atoms with Gasteiger partial charge in [0.05, 0.1) is 14.2 Å². The molecule has 4 aliphatic rings. The number of allylic oxidation sites excluding steroid dienone is 2. The van der Waals surface area contributed by atoms with E-state index < -0.39 is 11.5 Å². The number of methoxy groups -OCH3 is 2. The van der Waals surface area contributed by atoms with E-state index >= 15 is 0 Å². The Morgan fingerprint density at radius 1 is 1.14 bits per heavy atom. The zero-order valence-corrected chi connectivity index (χ0v) is 20.9. The summed E-state index contributed by atoms with van der Waals surface area (Å²) in [5.41, 5.74) is 2.00. The molecule has 1 spiro atoms. The van der Waals surface area contributed by atoms with Gasteiger partial charge in [-0.2, -0.15) is 0 Å². The number of fused-ring (bicyclic) bond motifs is 2. The highest BCUT2D eigenvalue weighted by Crippen LogP contribution is 2.62. The SMILES string of the molecule is C/C=C(\C)C(=O)O[C@@H]1c2cc3c(c4c2[C@]2(CO4)C(=CC(=O)C(OC)=C2OC)C[C@H](C)[C@H]1C)OCO3. The van der Waals surface area contributed by atoms with Gasteiger partial charge in [-0.1, -0.05) is 19.9 Å². The van der Waals surface area contributed by atoms with Crippen molar-refractivity contribution < 1.29 is 38.0 Å². The van der Waals surface area contributed by atoms with Gasteiger partial charge in [0.1, 0.15) is 18.1 Å². The average molecular weight is 483 g/mol. The Balaban J connectivity index is 1.83. The Morgan fingerprint density at radius 3 is 2.60 bits per heavy atom. The van der Waals surface area contributed by atoms with E-state index in [1.54, 1.807) is 26.0 Å². The lowest BCUT2D eigenvalue weighted by molar-refractivity contribution is -0.148. The summed E-state index contributed by atoms with van der Waals surface area (Å²) in [6.45, 7) is 7.96. The summed E-state index contributed by atoms with van der Waals surface area (Å²) in [6, 6.07) is 1.88. The second-order valence-electron chi connectivity index (χ2n) is 9.54. The lowest BCUT2D eigenvalue weighted by Gasteiger charge is -2.42. The first-order chi connectivity index (χ1) is 16.8. The number of esters is 1. The maximum atomic E-state index is 13.0. The fourth-order valence-corrected chi connectivity index (χ4v) is 5.62. The molecule has 0 N–H and O–H groups in total. The summed E-state index contributed by atoms with van der Waals surface area (Å²) in [5, 5.41) is 0. The topological polar surface area (TPSA) is 89.5 Å². The van der Waals surface area contributed by atoms with Gasteiger partial charge in [-0.05, 0) is 43.9 Å². The molecule has 2 aliphatic carbocycles. The van der Waals surface area contributed by atoms with Crippen molar-refractivity contribution >= 4 is 11.8 Å². The van der Waals surface area contributed by atoms with Crippen LogP contribution in [0.4, 0.5) is 0 Å². The van der Waals surface area contributed by atoms with Crippen molar-refractivity contribution in [3.63, 3.8) is 0 Å². The first kappa shape index (κ1) is 23.3. The molecule has 0 saturated heterocycles. The second-order valence-corrected chi connectivity index (χ2v) is 9.54. The summed E-state index contributed by atoms with van der Waals surface area (Å²) in [4.78, 5) is 26.0. The molecule has 35 heavy (non-hydrogen) atoms. The van der Waals surface area contributed by atoms with Crippen molar-refractivity contribution in [2.24, 2.45) is 11.8 Å². The minimum Gasteiger partial charge on any atom is -0.496 e. The van der Waals surface area contributed by atoms with Gasteiger partial charge in [0.25, 0.3) is 0 Å². The normalized spacial score (nSPS) is 28.9. The maximum absolute atomic E-state index is 13.0. The molecule has 0 radical (unpaired) electrons. The van der Waals surface area contributed by atoms with Crippen LogP contribution in [0, 0.1) is 11.8 Å². The Morgan fingerprint density at radius 2 is 1.91 bits per heavy atom. The zero-order valence-electron chi connectivity index (χ0n) is 20.9. The Bertz CT molecular complexity index is 1210. The molecule has 8 heteroatoms. The van der Waals surface area contributed by atoms with E-state index in [0.29, 0.717) is 35.0 Å². The van der Waals surface area contributed by atoms with Gasteiger partial charge < -0.3 is 28.4 Å².